The molecular weight excluding hydrogens is 409 g/mol. The van der Waals surface area contributed by atoms with Gasteiger partial charge in [0.15, 0.2) is 6.29 Å². The number of phosphoric ester groups is 1. The average Bonchev–Trinajstić information content (AvgIpc) is 3.20. The number of hydrogen-bond donors (Lipinski definition) is 4. The summed E-state index contributed by atoms with van der Waals surface area (Å²) >= 11 is 0. The summed E-state index contributed by atoms with van der Waals surface area (Å²) in [5.74, 6) is 3.30. The highest BCUT2D eigenvalue weighted by molar-refractivity contribution is 7.47. The first-order valence-corrected chi connectivity index (χ1v) is 13.1. The smallest absolute Gasteiger partial charge is 0.474 e. The van der Waals surface area contributed by atoms with Gasteiger partial charge >= 0.3 is 13.8 Å². The van der Waals surface area contributed by atoms with Crippen LogP contribution in [0.3, 0.4) is 0 Å². The van der Waals surface area contributed by atoms with Crippen LogP contribution in [0.25, 0.3) is 0 Å². The van der Waals surface area contributed by atoms with E-state index in [-0.39, 0.29) is 5.92 Å². The first-order valence-electron chi connectivity index (χ1n) is 11.6. The van der Waals surface area contributed by atoms with Gasteiger partial charge in [0.2, 0.25) is 0 Å². The number of hydrogen-bond acceptors (Lipinski definition) is 6. The molecule has 0 saturated heterocycles. The van der Waals surface area contributed by atoms with Gasteiger partial charge in [-0.05, 0) is 86.9 Å². The molecule has 30 heavy (non-hydrogen) atoms. The molecule has 0 radical (unpaired) electrons. The monoisotopic (exact) mass is 445 g/mol. The summed E-state index contributed by atoms with van der Waals surface area (Å²) in [6, 6.07) is -1.42. The number of carboxylic acid groups (broad SMARTS) is 1. The van der Waals surface area contributed by atoms with Crippen LogP contribution in [-0.4, -0.2) is 40.0 Å². The third-order valence-corrected chi connectivity index (χ3v) is 9.53. The molecule has 0 aromatic heterocycles. The van der Waals surface area contributed by atoms with Crippen LogP contribution in [0, 0.1) is 41.4 Å². The van der Waals surface area contributed by atoms with E-state index in [4.69, 9.17) is 15.4 Å². The zero-order chi connectivity index (χ0) is 21.5. The van der Waals surface area contributed by atoms with Gasteiger partial charge in [-0.15, -0.1) is 0 Å². The Labute approximate surface area is 178 Å². The van der Waals surface area contributed by atoms with Gasteiger partial charge in [0.25, 0.3) is 0 Å². The Kier molecular flexibility index (Phi) is 6.93. The Morgan fingerprint density at radius 2 is 1.60 bits per heavy atom. The Morgan fingerprint density at radius 3 is 2.30 bits per heavy atom. The number of nitrogens with two attached hydrogens (primary N) is 1. The van der Waals surface area contributed by atoms with Crippen LogP contribution in [0.5, 0.6) is 0 Å². The topological polar surface area (TPSA) is 139 Å². The number of aliphatic hydroxyl groups is 1. The molecule has 0 aliphatic heterocycles. The van der Waals surface area contributed by atoms with Gasteiger partial charge in [-0.1, -0.05) is 12.8 Å². The van der Waals surface area contributed by atoms with Crippen LogP contribution < -0.4 is 5.73 Å². The minimum atomic E-state index is -4.57. The lowest BCUT2D eigenvalue weighted by Crippen LogP contribution is -2.45. The second-order valence-electron chi connectivity index (χ2n) is 10.0. The number of aliphatic hydroxyl groups excluding tert-OH is 1. The minimum Gasteiger partial charge on any atom is -0.480 e. The molecule has 8 nitrogen and oxygen atoms in total. The third-order valence-electron chi connectivity index (χ3n) is 8.57. The fourth-order valence-corrected chi connectivity index (χ4v) is 8.12. The first kappa shape index (κ1) is 22.7. The average molecular weight is 445 g/mol. The van der Waals surface area contributed by atoms with Gasteiger partial charge in [0.05, 0.1) is 6.61 Å². The van der Waals surface area contributed by atoms with Crippen molar-refractivity contribution in [1.29, 1.82) is 0 Å². The number of fused-ring (bicyclic) bond motifs is 5. The van der Waals surface area contributed by atoms with Gasteiger partial charge in [-0.3, -0.25) is 13.8 Å². The van der Waals surface area contributed by atoms with Crippen LogP contribution in [0.2, 0.25) is 0 Å². The maximum atomic E-state index is 12.1. The maximum absolute atomic E-state index is 12.1. The molecule has 0 bridgehead atoms. The predicted octanol–water partition coefficient (Wildman–Crippen LogP) is 3.12. The zero-order valence-corrected chi connectivity index (χ0v) is 18.4. The summed E-state index contributed by atoms with van der Waals surface area (Å²) in [4.78, 5) is 20.5. The van der Waals surface area contributed by atoms with E-state index in [1.54, 1.807) is 0 Å². The molecule has 4 aliphatic carbocycles. The molecule has 0 aromatic carbocycles. The molecular formula is C21H36NO7P. The molecule has 0 spiro atoms. The second kappa shape index (κ2) is 9.16. The Bertz CT molecular complexity index is 676. The number of phosphoric acid groups is 1. The van der Waals surface area contributed by atoms with E-state index in [9.17, 15) is 19.4 Å². The molecule has 9 heteroatoms. The van der Waals surface area contributed by atoms with Crippen molar-refractivity contribution in [2.24, 2.45) is 47.2 Å². The van der Waals surface area contributed by atoms with Gasteiger partial charge in [0, 0.05) is 5.92 Å². The Balaban J connectivity index is 1.30. The molecule has 5 N–H and O–H groups in total. The maximum Gasteiger partial charge on any atom is 0.474 e. The fraction of sp³-hybridized carbons (Fsp3) is 0.952. The Hall–Kier alpha value is -0.500. The van der Waals surface area contributed by atoms with E-state index in [1.165, 1.54) is 44.9 Å². The molecule has 0 aromatic rings. The van der Waals surface area contributed by atoms with Crippen molar-refractivity contribution in [3.8, 4) is 0 Å². The van der Waals surface area contributed by atoms with E-state index < -0.39 is 32.7 Å². The normalized spacial score (nSPS) is 42.3. The van der Waals surface area contributed by atoms with Crippen molar-refractivity contribution in [3.63, 3.8) is 0 Å². The minimum absolute atomic E-state index is 0.206. The molecule has 10 atom stereocenters. The molecule has 0 amide bonds. The van der Waals surface area contributed by atoms with Crippen molar-refractivity contribution < 1.29 is 33.5 Å². The molecule has 4 rings (SSSR count). The van der Waals surface area contributed by atoms with Crippen LogP contribution in [0.4, 0.5) is 0 Å². The number of aliphatic carboxylic acids is 1. The van der Waals surface area contributed by atoms with Gasteiger partial charge in [-0.25, -0.2) is 4.57 Å². The SMILES string of the molecule is N[C@@H](COP(=O)(O)OC(O)C1CC[C@H]2C(CC[C@H]3[C@@H]4CCC[C@H]4CC[C@@H]32)C1)C(=O)O. The van der Waals surface area contributed by atoms with Crippen LogP contribution in [0.15, 0.2) is 0 Å². The van der Waals surface area contributed by atoms with E-state index in [0.717, 1.165) is 42.9 Å². The highest BCUT2D eigenvalue weighted by atomic mass is 31.2. The van der Waals surface area contributed by atoms with Crippen molar-refractivity contribution in [1.82, 2.24) is 0 Å². The number of rotatable bonds is 7. The second-order valence-corrected chi connectivity index (χ2v) is 11.4. The lowest BCUT2D eigenvalue weighted by atomic mass is 9.53. The number of carbonyl (C=O) groups is 1. The number of carboxylic acids is 1. The predicted molar refractivity (Wildman–Crippen MR) is 109 cm³/mol. The van der Waals surface area contributed by atoms with Crippen LogP contribution >= 0.6 is 7.82 Å². The van der Waals surface area contributed by atoms with Crippen molar-refractivity contribution in [2.75, 3.05) is 6.61 Å². The van der Waals surface area contributed by atoms with Gasteiger partial charge in [-0.2, -0.15) is 0 Å². The highest BCUT2D eigenvalue weighted by Gasteiger charge is 2.50. The molecule has 4 saturated carbocycles. The zero-order valence-electron chi connectivity index (χ0n) is 17.5. The van der Waals surface area contributed by atoms with Gasteiger partial charge in [0.1, 0.15) is 6.04 Å². The summed E-state index contributed by atoms with van der Waals surface area (Å²) in [5, 5.41) is 19.2. The van der Waals surface area contributed by atoms with E-state index in [0.29, 0.717) is 11.8 Å². The first-order chi connectivity index (χ1) is 14.2. The molecule has 4 unspecified atom stereocenters. The van der Waals surface area contributed by atoms with Crippen LogP contribution in [-0.2, 0) is 18.4 Å². The third kappa shape index (κ3) is 4.79. The largest absolute Gasteiger partial charge is 0.480 e. The van der Waals surface area contributed by atoms with Crippen molar-refractivity contribution in [2.45, 2.75) is 76.5 Å². The summed E-state index contributed by atoms with van der Waals surface area (Å²) in [5.41, 5.74) is 5.28. The molecule has 4 fully saturated rings. The highest BCUT2D eigenvalue weighted by Crippen LogP contribution is 2.59. The fourth-order valence-electron chi connectivity index (χ4n) is 7.27. The summed E-state index contributed by atoms with van der Waals surface area (Å²) in [6.45, 7) is -0.656. The lowest BCUT2D eigenvalue weighted by Gasteiger charge is -2.53. The van der Waals surface area contributed by atoms with Crippen LogP contribution in [0.1, 0.15) is 64.2 Å². The Morgan fingerprint density at radius 1 is 0.967 bits per heavy atom. The van der Waals surface area contributed by atoms with Crippen molar-refractivity contribution >= 4 is 13.8 Å². The molecule has 0 heterocycles. The standard InChI is InChI=1S/C21H36NO7P/c22-19(20(23)24)11-28-30(26,27)29-21(25)14-6-7-16-13(10-14)5-9-17-15-3-1-2-12(15)4-8-18(16)17/h12-19,21,25H,1-11,22H2,(H,23,24)(H,26,27)/t12-,13?,14?,15+,16-,17-,18+,19-,21?/m0/s1. The van der Waals surface area contributed by atoms with Crippen molar-refractivity contribution in [3.05, 3.63) is 0 Å². The summed E-state index contributed by atoms with van der Waals surface area (Å²) in [6.07, 6.45) is 10.6. The van der Waals surface area contributed by atoms with Gasteiger partial charge < -0.3 is 20.8 Å². The lowest BCUT2D eigenvalue weighted by molar-refractivity contribution is -0.139. The summed E-state index contributed by atoms with van der Waals surface area (Å²) in [7, 11) is -4.57. The summed E-state index contributed by atoms with van der Waals surface area (Å²) < 4.78 is 21.7. The quantitative estimate of drug-likeness (QED) is 0.346. The van der Waals surface area contributed by atoms with E-state index in [2.05, 4.69) is 4.52 Å². The molecule has 172 valence electrons. The molecule has 4 aliphatic rings. The van der Waals surface area contributed by atoms with E-state index in [1.807, 2.05) is 0 Å². The van der Waals surface area contributed by atoms with E-state index >= 15 is 0 Å².